The monoisotopic (exact) mass is 153 g/mol. The van der Waals surface area contributed by atoms with Crippen LogP contribution in [0.3, 0.4) is 0 Å². The van der Waals surface area contributed by atoms with Crippen molar-refractivity contribution < 1.29 is 5.11 Å². The molecule has 1 aliphatic rings. The number of hydrogen-bond donors (Lipinski definition) is 2. The van der Waals surface area contributed by atoms with Crippen LogP contribution in [0.5, 0.6) is 0 Å². The molecular weight excluding hydrogens is 138 g/mol. The van der Waals surface area contributed by atoms with E-state index >= 15 is 0 Å². The molecular formula is C9H15NO. The molecule has 0 aliphatic heterocycles. The summed E-state index contributed by atoms with van der Waals surface area (Å²) in [6.07, 6.45) is 4.97. The third-order valence-electron chi connectivity index (χ3n) is 2.12. The van der Waals surface area contributed by atoms with Gasteiger partial charge >= 0.3 is 0 Å². The predicted molar refractivity (Wildman–Crippen MR) is 45.9 cm³/mol. The molecule has 62 valence electrons. The van der Waals surface area contributed by atoms with Gasteiger partial charge in [-0.3, -0.25) is 0 Å². The Labute approximate surface area is 67.4 Å². The zero-order chi connectivity index (χ0) is 8.27. The highest BCUT2D eigenvalue weighted by Crippen LogP contribution is 2.23. The fourth-order valence-electron chi connectivity index (χ4n) is 1.38. The molecule has 0 saturated heterocycles. The molecule has 0 spiro atoms. The van der Waals surface area contributed by atoms with E-state index in [1.54, 1.807) is 0 Å². The average molecular weight is 153 g/mol. The van der Waals surface area contributed by atoms with Crippen LogP contribution in [-0.2, 0) is 0 Å². The lowest BCUT2D eigenvalue weighted by molar-refractivity contribution is 0.297. The number of hydrogen-bond acceptors (Lipinski definition) is 2. The van der Waals surface area contributed by atoms with E-state index in [0.717, 1.165) is 25.0 Å². The molecule has 0 aromatic carbocycles. The molecule has 0 saturated carbocycles. The van der Waals surface area contributed by atoms with Crippen LogP contribution in [0.25, 0.3) is 0 Å². The average Bonchev–Trinajstić information content (AvgIpc) is 1.99. The van der Waals surface area contributed by atoms with Gasteiger partial charge in [-0.05, 0) is 37.3 Å². The Kier molecular flexibility index (Phi) is 2.71. The van der Waals surface area contributed by atoms with Crippen molar-refractivity contribution in [2.45, 2.75) is 26.2 Å². The van der Waals surface area contributed by atoms with Crippen molar-refractivity contribution in [3.63, 3.8) is 0 Å². The predicted octanol–water partition coefficient (Wildman–Crippen LogP) is 1.32. The van der Waals surface area contributed by atoms with E-state index in [2.05, 4.69) is 6.08 Å². The summed E-state index contributed by atoms with van der Waals surface area (Å²) in [5.74, 6) is 0. The number of nitrogens with two attached hydrogens (primary N) is 1. The number of aliphatic hydroxyl groups is 1. The van der Waals surface area contributed by atoms with Crippen LogP contribution >= 0.6 is 0 Å². The van der Waals surface area contributed by atoms with Gasteiger partial charge in [0, 0.05) is 12.3 Å². The van der Waals surface area contributed by atoms with E-state index in [0.29, 0.717) is 0 Å². The summed E-state index contributed by atoms with van der Waals surface area (Å²) in [7, 11) is 0. The van der Waals surface area contributed by atoms with Crippen molar-refractivity contribution in [1.82, 2.24) is 0 Å². The van der Waals surface area contributed by atoms with Crippen LogP contribution in [0.15, 0.2) is 22.9 Å². The Bertz CT molecular complexity index is 204. The fourth-order valence-corrected chi connectivity index (χ4v) is 1.38. The van der Waals surface area contributed by atoms with Crippen molar-refractivity contribution >= 4 is 0 Å². The molecule has 11 heavy (non-hydrogen) atoms. The zero-order valence-corrected chi connectivity index (χ0v) is 6.93. The van der Waals surface area contributed by atoms with E-state index in [9.17, 15) is 0 Å². The Balaban J connectivity index is 2.74. The summed E-state index contributed by atoms with van der Waals surface area (Å²) in [6.45, 7) is 2.23. The molecule has 0 fully saturated rings. The van der Waals surface area contributed by atoms with E-state index in [1.165, 1.54) is 11.1 Å². The smallest absolute Gasteiger partial charge is 0.0469 e. The van der Waals surface area contributed by atoms with Gasteiger partial charge in [0.25, 0.3) is 0 Å². The van der Waals surface area contributed by atoms with Crippen LogP contribution in [0, 0.1) is 0 Å². The quantitative estimate of drug-likeness (QED) is 0.628. The molecule has 0 atom stereocenters. The van der Waals surface area contributed by atoms with Gasteiger partial charge in [0.1, 0.15) is 0 Å². The summed E-state index contributed by atoms with van der Waals surface area (Å²) < 4.78 is 0. The Morgan fingerprint density at radius 3 is 3.00 bits per heavy atom. The first-order chi connectivity index (χ1) is 5.25. The SMILES string of the molecule is CC1=CCCC(CCO)=C1N. The molecule has 0 unspecified atom stereocenters. The minimum atomic E-state index is 0.212. The van der Waals surface area contributed by atoms with E-state index < -0.39 is 0 Å². The van der Waals surface area contributed by atoms with Gasteiger partial charge in [-0.1, -0.05) is 6.08 Å². The standard InChI is InChI=1S/C9H15NO/c1-7-3-2-4-8(5-6-11)9(7)10/h3,11H,2,4-6,10H2,1H3. The number of allylic oxidation sites excluding steroid dienone is 2. The molecule has 1 rings (SSSR count). The minimum Gasteiger partial charge on any atom is -0.399 e. The highest BCUT2D eigenvalue weighted by Gasteiger charge is 2.08. The van der Waals surface area contributed by atoms with Gasteiger partial charge in [-0.15, -0.1) is 0 Å². The second-order valence-corrected chi connectivity index (χ2v) is 2.92. The van der Waals surface area contributed by atoms with Gasteiger partial charge in [-0.2, -0.15) is 0 Å². The van der Waals surface area contributed by atoms with E-state index in [-0.39, 0.29) is 6.61 Å². The topological polar surface area (TPSA) is 46.2 Å². The highest BCUT2D eigenvalue weighted by atomic mass is 16.2. The van der Waals surface area contributed by atoms with E-state index in [4.69, 9.17) is 10.8 Å². The number of rotatable bonds is 2. The van der Waals surface area contributed by atoms with E-state index in [1.807, 2.05) is 6.92 Å². The largest absolute Gasteiger partial charge is 0.399 e. The fraction of sp³-hybridized carbons (Fsp3) is 0.556. The Hall–Kier alpha value is -0.760. The lowest BCUT2D eigenvalue weighted by atomic mass is 9.95. The lowest BCUT2D eigenvalue weighted by Gasteiger charge is -2.15. The first-order valence-corrected chi connectivity index (χ1v) is 4.01. The van der Waals surface area contributed by atoms with Gasteiger partial charge in [0.05, 0.1) is 0 Å². The summed E-state index contributed by atoms with van der Waals surface area (Å²) in [5, 5.41) is 8.71. The van der Waals surface area contributed by atoms with Gasteiger partial charge < -0.3 is 10.8 Å². The van der Waals surface area contributed by atoms with Gasteiger partial charge in [0.15, 0.2) is 0 Å². The summed E-state index contributed by atoms with van der Waals surface area (Å²) in [6, 6.07) is 0. The van der Waals surface area contributed by atoms with Gasteiger partial charge in [-0.25, -0.2) is 0 Å². The van der Waals surface area contributed by atoms with Crippen LogP contribution in [0.4, 0.5) is 0 Å². The molecule has 0 heterocycles. The normalized spacial score (nSPS) is 18.5. The molecule has 2 nitrogen and oxygen atoms in total. The lowest BCUT2D eigenvalue weighted by Crippen LogP contribution is -2.08. The highest BCUT2D eigenvalue weighted by molar-refractivity contribution is 5.34. The maximum absolute atomic E-state index is 8.71. The maximum Gasteiger partial charge on any atom is 0.0469 e. The molecule has 0 aromatic heterocycles. The molecule has 0 aromatic rings. The van der Waals surface area contributed by atoms with Crippen LogP contribution < -0.4 is 5.73 Å². The molecule has 2 heteroatoms. The zero-order valence-electron chi connectivity index (χ0n) is 6.93. The van der Waals surface area contributed by atoms with Crippen molar-refractivity contribution in [3.8, 4) is 0 Å². The van der Waals surface area contributed by atoms with Crippen molar-refractivity contribution in [2.75, 3.05) is 6.61 Å². The first-order valence-electron chi connectivity index (χ1n) is 4.01. The molecule has 0 amide bonds. The molecule has 0 bridgehead atoms. The summed E-state index contributed by atoms with van der Waals surface area (Å²) in [5.41, 5.74) is 9.08. The van der Waals surface area contributed by atoms with Gasteiger partial charge in [0.2, 0.25) is 0 Å². The molecule has 1 aliphatic carbocycles. The van der Waals surface area contributed by atoms with Crippen molar-refractivity contribution in [1.29, 1.82) is 0 Å². The third-order valence-corrected chi connectivity index (χ3v) is 2.12. The van der Waals surface area contributed by atoms with Crippen molar-refractivity contribution in [2.24, 2.45) is 5.73 Å². The second kappa shape index (κ2) is 3.58. The van der Waals surface area contributed by atoms with Crippen LogP contribution in [0.1, 0.15) is 26.2 Å². The molecule has 0 radical (unpaired) electrons. The Morgan fingerprint density at radius 1 is 1.64 bits per heavy atom. The molecule has 3 N–H and O–H groups in total. The number of aliphatic hydroxyl groups excluding tert-OH is 1. The van der Waals surface area contributed by atoms with Crippen LogP contribution in [0.2, 0.25) is 0 Å². The summed E-state index contributed by atoms with van der Waals surface area (Å²) >= 11 is 0. The van der Waals surface area contributed by atoms with Crippen molar-refractivity contribution in [3.05, 3.63) is 22.9 Å². The third kappa shape index (κ3) is 1.84. The van der Waals surface area contributed by atoms with Crippen LogP contribution in [-0.4, -0.2) is 11.7 Å². The summed E-state index contributed by atoms with van der Waals surface area (Å²) in [4.78, 5) is 0. The minimum absolute atomic E-state index is 0.212. The second-order valence-electron chi connectivity index (χ2n) is 2.92. The Morgan fingerprint density at radius 2 is 2.36 bits per heavy atom. The maximum atomic E-state index is 8.71. The first kappa shape index (κ1) is 8.34.